The summed E-state index contributed by atoms with van der Waals surface area (Å²) in [6.07, 6.45) is 6.83. The van der Waals surface area contributed by atoms with Gasteiger partial charge in [-0.15, -0.1) is 0 Å². The van der Waals surface area contributed by atoms with Crippen LogP contribution in [0.25, 0.3) is 0 Å². The van der Waals surface area contributed by atoms with Crippen LogP contribution in [0.3, 0.4) is 0 Å². The summed E-state index contributed by atoms with van der Waals surface area (Å²) in [6, 6.07) is 0. The summed E-state index contributed by atoms with van der Waals surface area (Å²) in [5.41, 5.74) is 5.28. The average molecular weight is 226 g/mol. The van der Waals surface area contributed by atoms with Gasteiger partial charge < -0.3 is 5.73 Å². The highest BCUT2D eigenvalue weighted by Gasteiger charge is 2.47. The lowest BCUT2D eigenvalue weighted by Crippen LogP contribution is -2.56. The van der Waals surface area contributed by atoms with Crippen molar-refractivity contribution in [2.75, 3.05) is 13.6 Å². The lowest BCUT2D eigenvalue weighted by molar-refractivity contribution is -0.131. The monoisotopic (exact) mass is 226 g/mol. The number of nitrogens with zero attached hydrogens (tertiary/aromatic N) is 1. The summed E-state index contributed by atoms with van der Waals surface area (Å²) in [4.78, 5) is 14.0. The Balaban J connectivity index is 2.66. The van der Waals surface area contributed by atoms with E-state index < -0.39 is 0 Å². The van der Waals surface area contributed by atoms with Crippen LogP contribution in [0.15, 0.2) is 0 Å². The molecule has 0 aromatic heterocycles. The maximum Gasteiger partial charge on any atom is 0.238 e. The van der Waals surface area contributed by atoms with E-state index in [1.54, 1.807) is 0 Å². The molecule has 1 fully saturated rings. The summed E-state index contributed by atoms with van der Waals surface area (Å²) in [7, 11) is 2.04. The molecule has 3 nitrogen and oxygen atoms in total. The minimum atomic E-state index is -0.367. The average Bonchev–Trinajstić information content (AvgIpc) is 2.61. The summed E-state index contributed by atoms with van der Waals surface area (Å²) in [6.45, 7) is 5.39. The van der Waals surface area contributed by atoms with E-state index in [9.17, 15) is 4.79 Å². The van der Waals surface area contributed by atoms with Crippen molar-refractivity contribution in [3.05, 3.63) is 0 Å². The molecule has 2 atom stereocenters. The first-order valence-electron chi connectivity index (χ1n) is 6.56. The van der Waals surface area contributed by atoms with Crippen molar-refractivity contribution < 1.29 is 4.79 Å². The molecule has 0 radical (unpaired) electrons. The van der Waals surface area contributed by atoms with Gasteiger partial charge in [-0.2, -0.15) is 0 Å². The molecule has 2 N–H and O–H groups in total. The molecule has 1 heterocycles. The Labute approximate surface area is 99.4 Å². The maximum atomic E-state index is 11.8. The molecule has 1 amide bonds. The van der Waals surface area contributed by atoms with Crippen LogP contribution in [0.2, 0.25) is 0 Å². The van der Waals surface area contributed by atoms with Crippen molar-refractivity contribution in [2.45, 2.75) is 57.9 Å². The molecule has 1 aliphatic heterocycles. The van der Waals surface area contributed by atoms with Crippen LogP contribution in [-0.4, -0.2) is 29.9 Å². The number of nitrogens with two attached hydrogens (primary N) is 1. The number of carbonyl (C=O) groups is 1. The predicted molar refractivity (Wildman–Crippen MR) is 67.1 cm³/mol. The Morgan fingerprint density at radius 1 is 1.50 bits per heavy atom. The second-order valence-electron chi connectivity index (χ2n) is 5.21. The zero-order valence-corrected chi connectivity index (χ0v) is 11.0. The van der Waals surface area contributed by atoms with Crippen molar-refractivity contribution >= 4 is 5.91 Å². The lowest BCUT2D eigenvalue weighted by atomic mass is 9.79. The van der Waals surface area contributed by atoms with E-state index in [2.05, 4.69) is 18.7 Å². The molecular weight excluding hydrogens is 200 g/mol. The zero-order chi connectivity index (χ0) is 12.2. The first-order valence-corrected chi connectivity index (χ1v) is 6.56. The quantitative estimate of drug-likeness (QED) is 0.705. The van der Waals surface area contributed by atoms with Gasteiger partial charge in [0, 0.05) is 0 Å². The Bertz CT molecular complexity index is 242. The zero-order valence-electron chi connectivity index (χ0n) is 11.0. The molecular formula is C13H26N2O. The first kappa shape index (κ1) is 13.5. The van der Waals surface area contributed by atoms with Crippen LogP contribution >= 0.6 is 0 Å². The largest absolute Gasteiger partial charge is 0.368 e. The van der Waals surface area contributed by atoms with E-state index in [-0.39, 0.29) is 11.4 Å². The predicted octanol–water partition coefficient (Wildman–Crippen LogP) is 2.15. The third-order valence-corrected chi connectivity index (χ3v) is 4.22. The highest BCUT2D eigenvalue weighted by atomic mass is 16.1. The van der Waals surface area contributed by atoms with Gasteiger partial charge in [-0.05, 0) is 38.8 Å². The molecule has 2 unspecified atom stereocenters. The Morgan fingerprint density at radius 3 is 2.62 bits per heavy atom. The van der Waals surface area contributed by atoms with Crippen molar-refractivity contribution in [3.8, 4) is 0 Å². The number of likely N-dealkylation sites (tertiary alicyclic amines) is 1. The molecule has 94 valence electrons. The number of likely N-dealkylation sites (N-methyl/N-ethyl adjacent to an activating group) is 1. The standard InChI is InChI=1S/C13H26N2O/c1-4-5-6-8-11(2)13(12(14)16)9-7-10-15(13)3/h11H,4-10H2,1-3H3,(H2,14,16). The summed E-state index contributed by atoms with van der Waals surface area (Å²) in [5.74, 6) is 0.251. The van der Waals surface area contributed by atoms with Crippen LogP contribution < -0.4 is 5.73 Å². The van der Waals surface area contributed by atoms with E-state index in [1.165, 1.54) is 19.3 Å². The number of primary amides is 1. The highest BCUT2D eigenvalue weighted by Crippen LogP contribution is 2.37. The molecule has 16 heavy (non-hydrogen) atoms. The molecule has 1 aliphatic rings. The van der Waals surface area contributed by atoms with Crippen LogP contribution in [0.5, 0.6) is 0 Å². The molecule has 3 heteroatoms. The van der Waals surface area contributed by atoms with Crippen molar-refractivity contribution in [3.63, 3.8) is 0 Å². The Kier molecular flexibility index (Phi) is 4.78. The van der Waals surface area contributed by atoms with Crippen molar-refractivity contribution in [2.24, 2.45) is 11.7 Å². The number of carbonyl (C=O) groups excluding carboxylic acids is 1. The first-order chi connectivity index (χ1) is 7.55. The van der Waals surface area contributed by atoms with Gasteiger partial charge in [0.2, 0.25) is 5.91 Å². The summed E-state index contributed by atoms with van der Waals surface area (Å²) in [5, 5.41) is 0. The fraction of sp³-hybridized carbons (Fsp3) is 0.923. The fourth-order valence-corrected chi connectivity index (χ4v) is 3.09. The van der Waals surface area contributed by atoms with Gasteiger partial charge >= 0.3 is 0 Å². The molecule has 1 saturated heterocycles. The second kappa shape index (κ2) is 5.67. The number of amides is 1. The fourth-order valence-electron chi connectivity index (χ4n) is 3.09. The van der Waals surface area contributed by atoms with Crippen molar-refractivity contribution in [1.82, 2.24) is 4.90 Å². The van der Waals surface area contributed by atoms with E-state index in [1.807, 2.05) is 7.05 Å². The minimum absolute atomic E-state index is 0.128. The van der Waals surface area contributed by atoms with E-state index in [0.29, 0.717) is 5.92 Å². The van der Waals surface area contributed by atoms with E-state index in [4.69, 9.17) is 5.73 Å². The lowest BCUT2D eigenvalue weighted by Gasteiger charge is -2.38. The van der Waals surface area contributed by atoms with Gasteiger partial charge in [0.25, 0.3) is 0 Å². The van der Waals surface area contributed by atoms with Gasteiger partial charge in [-0.1, -0.05) is 33.1 Å². The Morgan fingerprint density at radius 2 is 2.19 bits per heavy atom. The van der Waals surface area contributed by atoms with E-state index in [0.717, 1.165) is 25.8 Å². The SMILES string of the molecule is CCCCCC(C)C1(C(N)=O)CCCN1C. The molecule has 0 bridgehead atoms. The number of hydrogen-bond acceptors (Lipinski definition) is 2. The van der Waals surface area contributed by atoms with Crippen LogP contribution in [0.4, 0.5) is 0 Å². The molecule has 0 aromatic carbocycles. The topological polar surface area (TPSA) is 46.3 Å². The number of rotatable bonds is 6. The third kappa shape index (κ3) is 2.40. The van der Waals surface area contributed by atoms with Gasteiger partial charge in [-0.3, -0.25) is 9.69 Å². The highest BCUT2D eigenvalue weighted by molar-refractivity contribution is 5.85. The van der Waals surface area contributed by atoms with Crippen LogP contribution in [-0.2, 0) is 4.79 Å². The van der Waals surface area contributed by atoms with Gasteiger partial charge in [-0.25, -0.2) is 0 Å². The number of unbranched alkanes of at least 4 members (excludes halogenated alkanes) is 2. The third-order valence-electron chi connectivity index (χ3n) is 4.22. The van der Waals surface area contributed by atoms with Gasteiger partial charge in [0.15, 0.2) is 0 Å². The van der Waals surface area contributed by atoms with Crippen molar-refractivity contribution in [1.29, 1.82) is 0 Å². The van der Waals surface area contributed by atoms with Crippen LogP contribution in [0, 0.1) is 5.92 Å². The Hall–Kier alpha value is -0.570. The maximum absolute atomic E-state index is 11.8. The summed E-state index contributed by atoms with van der Waals surface area (Å²) < 4.78 is 0. The van der Waals surface area contributed by atoms with E-state index >= 15 is 0 Å². The van der Waals surface area contributed by atoms with Crippen LogP contribution in [0.1, 0.15) is 52.4 Å². The van der Waals surface area contributed by atoms with Gasteiger partial charge in [0.1, 0.15) is 5.54 Å². The minimum Gasteiger partial charge on any atom is -0.368 e. The summed E-state index contributed by atoms with van der Waals surface area (Å²) >= 11 is 0. The molecule has 0 saturated carbocycles. The normalized spacial score (nSPS) is 28.2. The number of hydrogen-bond donors (Lipinski definition) is 1. The second-order valence-corrected chi connectivity index (χ2v) is 5.21. The molecule has 0 aliphatic carbocycles. The molecule has 0 aromatic rings. The molecule has 1 rings (SSSR count). The molecule has 0 spiro atoms. The smallest absolute Gasteiger partial charge is 0.238 e. The van der Waals surface area contributed by atoms with Gasteiger partial charge in [0.05, 0.1) is 0 Å².